The van der Waals surface area contributed by atoms with Crippen molar-refractivity contribution < 1.29 is 13.2 Å². The van der Waals surface area contributed by atoms with Gasteiger partial charge in [-0.3, -0.25) is 4.98 Å². The number of morpholine rings is 1. The molecule has 0 aromatic carbocycles. The van der Waals surface area contributed by atoms with Gasteiger partial charge in [0.1, 0.15) is 21.8 Å². The third-order valence-corrected chi connectivity index (χ3v) is 6.62. The molecule has 1 aliphatic rings. The predicted molar refractivity (Wildman–Crippen MR) is 83.3 cm³/mol. The van der Waals surface area contributed by atoms with Crippen molar-refractivity contribution in [2.75, 3.05) is 32.1 Å². The van der Waals surface area contributed by atoms with Gasteiger partial charge in [0.2, 0.25) is 0 Å². The Morgan fingerprint density at radius 1 is 1.41 bits per heavy atom. The SMILES string of the molecule is CNc1nccnc1[C@H]1CN(S(=O)(=O)c2cccs2)CCO1. The van der Waals surface area contributed by atoms with Crippen LogP contribution in [-0.2, 0) is 14.8 Å². The second-order valence-corrected chi connectivity index (χ2v) is 7.81. The van der Waals surface area contributed by atoms with Crippen LogP contribution in [-0.4, -0.2) is 49.4 Å². The topological polar surface area (TPSA) is 84.4 Å². The summed E-state index contributed by atoms with van der Waals surface area (Å²) in [5.41, 5.74) is 0.621. The summed E-state index contributed by atoms with van der Waals surface area (Å²) in [6.07, 6.45) is 2.73. The second kappa shape index (κ2) is 6.29. The van der Waals surface area contributed by atoms with Gasteiger partial charge in [-0.1, -0.05) is 6.07 Å². The van der Waals surface area contributed by atoms with E-state index in [0.717, 1.165) is 0 Å². The highest BCUT2D eigenvalue weighted by atomic mass is 32.2. The molecule has 3 heterocycles. The quantitative estimate of drug-likeness (QED) is 0.904. The minimum atomic E-state index is -3.48. The Balaban J connectivity index is 1.86. The van der Waals surface area contributed by atoms with Gasteiger partial charge in [0.05, 0.1) is 6.61 Å². The molecule has 2 aromatic heterocycles. The maximum Gasteiger partial charge on any atom is 0.252 e. The highest BCUT2D eigenvalue weighted by Gasteiger charge is 2.33. The molecule has 7 nitrogen and oxygen atoms in total. The van der Waals surface area contributed by atoms with Crippen LogP contribution in [0, 0.1) is 0 Å². The van der Waals surface area contributed by atoms with E-state index in [4.69, 9.17) is 4.74 Å². The molecule has 3 rings (SSSR count). The third-order valence-electron chi connectivity index (χ3n) is 3.39. The van der Waals surface area contributed by atoms with Crippen molar-refractivity contribution in [3.63, 3.8) is 0 Å². The van der Waals surface area contributed by atoms with Gasteiger partial charge in [-0.05, 0) is 11.4 Å². The van der Waals surface area contributed by atoms with Crippen LogP contribution >= 0.6 is 11.3 Å². The summed E-state index contributed by atoms with van der Waals surface area (Å²) in [7, 11) is -1.73. The molecule has 22 heavy (non-hydrogen) atoms. The average Bonchev–Trinajstić information content (AvgIpc) is 3.10. The second-order valence-electron chi connectivity index (χ2n) is 4.69. The summed E-state index contributed by atoms with van der Waals surface area (Å²) in [6, 6.07) is 3.35. The summed E-state index contributed by atoms with van der Waals surface area (Å²) < 4.78 is 32.7. The van der Waals surface area contributed by atoms with Crippen molar-refractivity contribution in [1.29, 1.82) is 0 Å². The Hall–Kier alpha value is -1.55. The van der Waals surface area contributed by atoms with Gasteiger partial charge in [-0.2, -0.15) is 4.31 Å². The molecular formula is C13H16N4O3S2. The molecular weight excluding hydrogens is 324 g/mol. The number of aromatic nitrogens is 2. The number of sulfonamides is 1. The van der Waals surface area contributed by atoms with E-state index in [2.05, 4.69) is 15.3 Å². The van der Waals surface area contributed by atoms with Crippen LogP contribution in [0.5, 0.6) is 0 Å². The fraction of sp³-hybridized carbons (Fsp3) is 0.385. The molecule has 118 valence electrons. The monoisotopic (exact) mass is 340 g/mol. The first-order valence-corrected chi connectivity index (χ1v) is 9.09. The van der Waals surface area contributed by atoms with E-state index < -0.39 is 16.1 Å². The molecule has 0 saturated carbocycles. The van der Waals surface area contributed by atoms with Gasteiger partial charge in [-0.25, -0.2) is 13.4 Å². The van der Waals surface area contributed by atoms with Gasteiger partial charge < -0.3 is 10.1 Å². The molecule has 0 radical (unpaired) electrons. The van der Waals surface area contributed by atoms with E-state index in [9.17, 15) is 8.42 Å². The fourth-order valence-electron chi connectivity index (χ4n) is 2.32. The van der Waals surface area contributed by atoms with Crippen molar-refractivity contribution in [3.8, 4) is 0 Å². The standard InChI is InChI=1S/C13H16N4O3S2/c1-14-13-12(15-4-5-16-13)10-9-17(6-7-20-10)22(18,19)11-3-2-8-21-11/h2-5,8,10H,6-7,9H2,1H3,(H,14,16)/t10-/m1/s1. The molecule has 0 aliphatic carbocycles. The molecule has 1 N–H and O–H groups in total. The number of nitrogens with zero attached hydrogens (tertiary/aromatic N) is 3. The van der Waals surface area contributed by atoms with E-state index >= 15 is 0 Å². The van der Waals surface area contributed by atoms with Gasteiger partial charge in [0.15, 0.2) is 0 Å². The van der Waals surface area contributed by atoms with Crippen molar-refractivity contribution in [3.05, 3.63) is 35.6 Å². The number of rotatable bonds is 4. The molecule has 1 fully saturated rings. The average molecular weight is 340 g/mol. The Kier molecular flexibility index (Phi) is 4.39. The zero-order valence-electron chi connectivity index (χ0n) is 12.0. The molecule has 1 saturated heterocycles. The highest BCUT2D eigenvalue weighted by Crippen LogP contribution is 2.29. The normalized spacial score (nSPS) is 20.0. The maximum absolute atomic E-state index is 12.6. The fourth-order valence-corrected chi connectivity index (χ4v) is 4.89. The van der Waals surface area contributed by atoms with Crippen LogP contribution in [0.3, 0.4) is 0 Å². The molecule has 9 heteroatoms. The number of ether oxygens (including phenoxy) is 1. The molecule has 1 aliphatic heterocycles. The van der Waals surface area contributed by atoms with E-state index in [-0.39, 0.29) is 6.54 Å². The first-order chi connectivity index (χ1) is 10.6. The molecule has 0 bridgehead atoms. The van der Waals surface area contributed by atoms with Crippen molar-refractivity contribution in [2.45, 2.75) is 10.3 Å². The van der Waals surface area contributed by atoms with Gasteiger partial charge in [0, 0.05) is 32.5 Å². The minimum absolute atomic E-state index is 0.230. The Bertz CT molecular complexity index is 734. The van der Waals surface area contributed by atoms with Gasteiger partial charge in [0.25, 0.3) is 10.0 Å². The molecule has 0 amide bonds. The third kappa shape index (κ3) is 2.84. The molecule has 1 atom stereocenters. The van der Waals surface area contributed by atoms with E-state index in [1.165, 1.54) is 15.6 Å². The van der Waals surface area contributed by atoms with Gasteiger partial charge >= 0.3 is 0 Å². The van der Waals surface area contributed by atoms with E-state index in [0.29, 0.717) is 28.9 Å². The summed E-state index contributed by atoms with van der Waals surface area (Å²) in [4.78, 5) is 8.47. The number of hydrogen-bond donors (Lipinski definition) is 1. The Morgan fingerprint density at radius 2 is 2.23 bits per heavy atom. The summed E-state index contributed by atoms with van der Waals surface area (Å²) in [5.74, 6) is 0.600. The Labute approximate surface area is 133 Å². The lowest BCUT2D eigenvalue weighted by molar-refractivity contribution is -0.00463. The summed E-state index contributed by atoms with van der Waals surface area (Å²) >= 11 is 1.22. The van der Waals surface area contributed by atoms with Crippen LogP contribution < -0.4 is 5.32 Å². The molecule has 0 unspecified atom stereocenters. The van der Waals surface area contributed by atoms with Crippen molar-refractivity contribution in [1.82, 2.24) is 14.3 Å². The smallest absolute Gasteiger partial charge is 0.252 e. The summed E-state index contributed by atoms with van der Waals surface area (Å²) in [5, 5.41) is 4.71. The number of thiophene rings is 1. The Morgan fingerprint density at radius 3 is 2.95 bits per heavy atom. The van der Waals surface area contributed by atoms with Crippen LogP contribution in [0.2, 0.25) is 0 Å². The number of anilines is 1. The lowest BCUT2D eigenvalue weighted by Gasteiger charge is -2.31. The lowest BCUT2D eigenvalue weighted by atomic mass is 10.2. The first-order valence-electron chi connectivity index (χ1n) is 6.77. The predicted octanol–water partition coefficient (Wildman–Crippen LogP) is 1.34. The van der Waals surface area contributed by atoms with Crippen LogP contribution in [0.4, 0.5) is 5.82 Å². The minimum Gasteiger partial charge on any atom is -0.372 e. The lowest BCUT2D eigenvalue weighted by Crippen LogP contribution is -2.42. The van der Waals surface area contributed by atoms with E-state index in [1.54, 1.807) is 37.0 Å². The molecule has 2 aromatic rings. The van der Waals surface area contributed by atoms with Gasteiger partial charge in [-0.15, -0.1) is 11.3 Å². The van der Waals surface area contributed by atoms with Crippen molar-refractivity contribution >= 4 is 27.2 Å². The largest absolute Gasteiger partial charge is 0.372 e. The maximum atomic E-state index is 12.6. The molecule has 0 spiro atoms. The summed E-state index contributed by atoms with van der Waals surface area (Å²) in [6.45, 7) is 0.897. The first kappa shape index (κ1) is 15.3. The van der Waals surface area contributed by atoms with Crippen molar-refractivity contribution in [2.24, 2.45) is 0 Å². The number of hydrogen-bond acceptors (Lipinski definition) is 7. The number of nitrogens with one attached hydrogen (secondary N) is 1. The van der Waals surface area contributed by atoms with Crippen LogP contribution in [0.1, 0.15) is 11.8 Å². The van der Waals surface area contributed by atoms with E-state index in [1.807, 2.05) is 0 Å². The zero-order valence-corrected chi connectivity index (χ0v) is 13.6. The van der Waals surface area contributed by atoms with Crippen LogP contribution in [0.25, 0.3) is 0 Å². The zero-order chi connectivity index (χ0) is 15.6. The highest BCUT2D eigenvalue weighted by molar-refractivity contribution is 7.91. The van der Waals surface area contributed by atoms with Crippen LogP contribution in [0.15, 0.2) is 34.1 Å².